The molecule has 92 valence electrons. The van der Waals surface area contributed by atoms with Crippen molar-refractivity contribution in [3.8, 4) is 0 Å². The molecule has 16 heavy (non-hydrogen) atoms. The first kappa shape index (κ1) is 13.2. The molecule has 0 aliphatic heterocycles. The molecule has 0 spiro atoms. The maximum atomic E-state index is 11.3. The van der Waals surface area contributed by atoms with Crippen LogP contribution >= 0.6 is 0 Å². The summed E-state index contributed by atoms with van der Waals surface area (Å²) in [6, 6.07) is 0. The van der Waals surface area contributed by atoms with Crippen LogP contribution in [0.15, 0.2) is 17.3 Å². The highest BCUT2D eigenvalue weighted by Crippen LogP contribution is 2.13. The van der Waals surface area contributed by atoms with Crippen LogP contribution in [0, 0.1) is 11.8 Å². The van der Waals surface area contributed by atoms with Gasteiger partial charge in [0.15, 0.2) is 9.84 Å². The van der Waals surface area contributed by atoms with Crippen LogP contribution in [0.3, 0.4) is 0 Å². The van der Waals surface area contributed by atoms with Crippen LogP contribution in [-0.4, -0.2) is 31.0 Å². The molecule has 1 rings (SSSR count). The van der Waals surface area contributed by atoms with Gasteiger partial charge in [-0.1, -0.05) is 13.8 Å². The van der Waals surface area contributed by atoms with E-state index in [1.54, 1.807) is 10.9 Å². The standard InChI is InChI=1S/C10H19N3O2S/c1-8(2)9(4-11)6-13-7-10(5-12-13)16(3,14)15/h5,7-9H,4,6,11H2,1-3H3. The van der Waals surface area contributed by atoms with Crippen molar-refractivity contribution < 1.29 is 8.42 Å². The van der Waals surface area contributed by atoms with E-state index in [1.807, 2.05) is 0 Å². The van der Waals surface area contributed by atoms with Crippen LogP contribution in [0.5, 0.6) is 0 Å². The van der Waals surface area contributed by atoms with Gasteiger partial charge < -0.3 is 5.73 Å². The van der Waals surface area contributed by atoms with Crippen molar-refractivity contribution in [3.05, 3.63) is 12.4 Å². The van der Waals surface area contributed by atoms with Crippen LogP contribution in [-0.2, 0) is 16.4 Å². The fraction of sp³-hybridized carbons (Fsp3) is 0.700. The largest absolute Gasteiger partial charge is 0.330 e. The summed E-state index contributed by atoms with van der Waals surface area (Å²) in [5, 5.41) is 4.03. The van der Waals surface area contributed by atoms with E-state index in [4.69, 9.17) is 5.73 Å². The second kappa shape index (κ2) is 4.97. The zero-order valence-electron chi connectivity index (χ0n) is 9.92. The van der Waals surface area contributed by atoms with E-state index in [-0.39, 0.29) is 4.90 Å². The number of sulfone groups is 1. The lowest BCUT2D eigenvalue weighted by molar-refractivity contribution is 0.329. The van der Waals surface area contributed by atoms with Gasteiger partial charge in [-0.05, 0) is 18.4 Å². The average molecular weight is 245 g/mol. The molecule has 0 bridgehead atoms. The average Bonchev–Trinajstić information content (AvgIpc) is 2.61. The second-order valence-electron chi connectivity index (χ2n) is 4.41. The Hall–Kier alpha value is -0.880. The van der Waals surface area contributed by atoms with Crippen molar-refractivity contribution in [2.45, 2.75) is 25.3 Å². The molecular formula is C10H19N3O2S. The molecule has 1 aromatic heterocycles. The molecule has 1 atom stereocenters. The molecule has 0 radical (unpaired) electrons. The number of nitrogens with two attached hydrogens (primary N) is 1. The number of hydrogen-bond acceptors (Lipinski definition) is 4. The lowest BCUT2D eigenvalue weighted by Gasteiger charge is -2.18. The summed E-state index contributed by atoms with van der Waals surface area (Å²) in [5.41, 5.74) is 5.65. The smallest absolute Gasteiger partial charge is 0.178 e. The van der Waals surface area contributed by atoms with E-state index < -0.39 is 9.84 Å². The van der Waals surface area contributed by atoms with E-state index in [1.165, 1.54) is 12.5 Å². The van der Waals surface area contributed by atoms with Crippen molar-refractivity contribution in [2.75, 3.05) is 12.8 Å². The third kappa shape index (κ3) is 3.31. The highest BCUT2D eigenvalue weighted by Gasteiger charge is 2.15. The highest BCUT2D eigenvalue weighted by atomic mass is 32.2. The molecular weight excluding hydrogens is 226 g/mol. The molecule has 1 unspecified atom stereocenters. The molecule has 1 aromatic rings. The van der Waals surface area contributed by atoms with Gasteiger partial charge in [0.1, 0.15) is 4.90 Å². The summed E-state index contributed by atoms with van der Waals surface area (Å²) >= 11 is 0. The predicted octanol–water partition coefficient (Wildman–Crippen LogP) is 0.518. The molecule has 2 N–H and O–H groups in total. The minimum Gasteiger partial charge on any atom is -0.330 e. The van der Waals surface area contributed by atoms with Gasteiger partial charge in [-0.15, -0.1) is 0 Å². The van der Waals surface area contributed by atoms with Crippen LogP contribution in [0.25, 0.3) is 0 Å². The number of nitrogens with zero attached hydrogens (tertiary/aromatic N) is 2. The summed E-state index contributed by atoms with van der Waals surface area (Å²) in [5.74, 6) is 0.767. The van der Waals surface area contributed by atoms with Crippen molar-refractivity contribution in [3.63, 3.8) is 0 Å². The maximum absolute atomic E-state index is 11.3. The fourth-order valence-corrected chi connectivity index (χ4v) is 1.99. The van der Waals surface area contributed by atoms with Crippen LogP contribution < -0.4 is 5.73 Å². The van der Waals surface area contributed by atoms with Gasteiger partial charge in [0.05, 0.1) is 6.20 Å². The van der Waals surface area contributed by atoms with Crippen molar-refractivity contribution in [1.29, 1.82) is 0 Å². The molecule has 1 heterocycles. The highest BCUT2D eigenvalue weighted by molar-refractivity contribution is 7.90. The Bertz CT molecular complexity index is 437. The summed E-state index contributed by atoms with van der Waals surface area (Å²) in [4.78, 5) is 0.257. The van der Waals surface area contributed by atoms with Crippen molar-refractivity contribution >= 4 is 9.84 Å². The number of rotatable bonds is 5. The molecule has 0 saturated carbocycles. The van der Waals surface area contributed by atoms with Crippen molar-refractivity contribution in [2.24, 2.45) is 17.6 Å². The maximum Gasteiger partial charge on any atom is 0.178 e. The molecule has 0 saturated heterocycles. The van der Waals surface area contributed by atoms with E-state index in [0.717, 1.165) is 0 Å². The van der Waals surface area contributed by atoms with Gasteiger partial charge in [-0.3, -0.25) is 4.68 Å². The SMILES string of the molecule is CC(C)C(CN)Cn1cc(S(C)(=O)=O)cn1. The van der Waals surface area contributed by atoms with Gasteiger partial charge in [0.2, 0.25) is 0 Å². The number of hydrogen-bond donors (Lipinski definition) is 1. The lowest BCUT2D eigenvalue weighted by atomic mass is 9.96. The molecule has 0 amide bonds. The van der Waals surface area contributed by atoms with E-state index in [0.29, 0.717) is 24.9 Å². The third-order valence-electron chi connectivity index (χ3n) is 2.70. The van der Waals surface area contributed by atoms with Crippen LogP contribution in [0.4, 0.5) is 0 Å². The Morgan fingerprint density at radius 1 is 1.50 bits per heavy atom. The molecule has 0 fully saturated rings. The molecule has 5 nitrogen and oxygen atoms in total. The van der Waals surface area contributed by atoms with Gasteiger partial charge in [0.25, 0.3) is 0 Å². The first-order chi connectivity index (χ1) is 7.34. The van der Waals surface area contributed by atoms with Gasteiger partial charge >= 0.3 is 0 Å². The normalized spacial score (nSPS) is 14.3. The van der Waals surface area contributed by atoms with E-state index >= 15 is 0 Å². The Morgan fingerprint density at radius 3 is 2.50 bits per heavy atom. The summed E-state index contributed by atoms with van der Waals surface area (Å²) in [7, 11) is -3.16. The summed E-state index contributed by atoms with van der Waals surface area (Å²) in [6.45, 7) is 5.42. The second-order valence-corrected chi connectivity index (χ2v) is 6.43. The quantitative estimate of drug-likeness (QED) is 0.820. The monoisotopic (exact) mass is 245 g/mol. The third-order valence-corrected chi connectivity index (χ3v) is 3.77. The summed E-state index contributed by atoms with van der Waals surface area (Å²) < 4.78 is 24.2. The first-order valence-corrected chi connectivity index (χ1v) is 7.16. The molecule has 6 heteroatoms. The minimum atomic E-state index is -3.16. The van der Waals surface area contributed by atoms with Crippen LogP contribution in [0.2, 0.25) is 0 Å². The van der Waals surface area contributed by atoms with Crippen LogP contribution in [0.1, 0.15) is 13.8 Å². The van der Waals surface area contributed by atoms with Crippen molar-refractivity contribution in [1.82, 2.24) is 9.78 Å². The lowest BCUT2D eigenvalue weighted by Crippen LogP contribution is -2.25. The molecule has 0 aliphatic rings. The first-order valence-electron chi connectivity index (χ1n) is 5.27. The summed E-state index contributed by atoms with van der Waals surface area (Å²) in [6.07, 6.45) is 4.11. The number of aromatic nitrogens is 2. The Morgan fingerprint density at radius 2 is 2.12 bits per heavy atom. The van der Waals surface area contributed by atoms with Gasteiger partial charge in [-0.2, -0.15) is 5.10 Å². The fourth-order valence-electron chi connectivity index (χ4n) is 1.43. The zero-order chi connectivity index (χ0) is 12.3. The zero-order valence-corrected chi connectivity index (χ0v) is 10.7. The molecule has 0 aromatic carbocycles. The predicted molar refractivity (Wildman–Crippen MR) is 62.7 cm³/mol. The Labute approximate surface area is 96.6 Å². The topological polar surface area (TPSA) is 78.0 Å². The molecule has 0 aliphatic carbocycles. The minimum absolute atomic E-state index is 0.257. The van der Waals surface area contributed by atoms with Gasteiger partial charge in [-0.25, -0.2) is 8.42 Å². The van der Waals surface area contributed by atoms with E-state index in [2.05, 4.69) is 18.9 Å². The van der Waals surface area contributed by atoms with Gasteiger partial charge in [0, 0.05) is 19.0 Å². The van der Waals surface area contributed by atoms with E-state index in [9.17, 15) is 8.42 Å². The Kier molecular flexibility index (Phi) is 4.09. The Balaban J connectivity index is 2.80.